The van der Waals surface area contributed by atoms with Gasteiger partial charge in [-0.05, 0) is 35.9 Å². The molecule has 2 aromatic carbocycles. The van der Waals surface area contributed by atoms with Gasteiger partial charge in [-0.2, -0.15) is 0 Å². The highest BCUT2D eigenvalue weighted by Gasteiger charge is 2.15. The van der Waals surface area contributed by atoms with Gasteiger partial charge in [0, 0.05) is 10.7 Å². The normalized spacial score (nSPS) is 10.3. The number of amides is 1. The summed E-state index contributed by atoms with van der Waals surface area (Å²) in [6.45, 7) is 0.312. The lowest BCUT2D eigenvalue weighted by Crippen LogP contribution is -2.31. The van der Waals surface area contributed by atoms with E-state index in [9.17, 15) is 9.18 Å². The smallest absolute Gasteiger partial charge is 0.242 e. The molecule has 0 aliphatic heterocycles. The summed E-state index contributed by atoms with van der Waals surface area (Å²) in [7, 11) is 0. The second-order valence-electron chi connectivity index (χ2n) is 4.22. The lowest BCUT2D eigenvalue weighted by atomic mass is 10.2. The van der Waals surface area contributed by atoms with Crippen molar-refractivity contribution in [3.8, 4) is 0 Å². The van der Waals surface area contributed by atoms with Crippen LogP contribution < -0.4 is 4.90 Å². The van der Waals surface area contributed by atoms with Gasteiger partial charge in [0.15, 0.2) is 0 Å². The van der Waals surface area contributed by atoms with Gasteiger partial charge in [-0.25, -0.2) is 4.39 Å². The van der Waals surface area contributed by atoms with E-state index < -0.39 is 5.82 Å². The number of alkyl halides is 1. The standard InChI is InChI=1S/C15H12Cl2FNO/c16-9-15(20)19(14-3-1-2-13(18)8-14)10-11-4-6-12(17)7-5-11/h1-8H,9-10H2. The van der Waals surface area contributed by atoms with Gasteiger partial charge in [0.05, 0.1) is 6.54 Å². The summed E-state index contributed by atoms with van der Waals surface area (Å²) in [5, 5.41) is 0.620. The van der Waals surface area contributed by atoms with E-state index in [1.54, 1.807) is 24.3 Å². The van der Waals surface area contributed by atoms with Crippen LogP contribution in [0.1, 0.15) is 5.56 Å². The van der Waals surface area contributed by atoms with Crippen molar-refractivity contribution in [3.05, 3.63) is 64.9 Å². The van der Waals surface area contributed by atoms with Gasteiger partial charge >= 0.3 is 0 Å². The molecule has 0 aliphatic carbocycles. The van der Waals surface area contributed by atoms with E-state index in [-0.39, 0.29) is 11.8 Å². The monoisotopic (exact) mass is 311 g/mol. The third-order valence-corrected chi connectivity index (χ3v) is 3.27. The predicted molar refractivity (Wildman–Crippen MR) is 79.8 cm³/mol. The summed E-state index contributed by atoms with van der Waals surface area (Å²) < 4.78 is 13.3. The summed E-state index contributed by atoms with van der Waals surface area (Å²) in [5.74, 6) is -0.845. The number of hydrogen-bond acceptors (Lipinski definition) is 1. The van der Waals surface area contributed by atoms with Crippen LogP contribution in [0.4, 0.5) is 10.1 Å². The lowest BCUT2D eigenvalue weighted by Gasteiger charge is -2.22. The fourth-order valence-electron chi connectivity index (χ4n) is 1.81. The SMILES string of the molecule is O=C(CCl)N(Cc1ccc(Cl)cc1)c1cccc(F)c1. The van der Waals surface area contributed by atoms with E-state index >= 15 is 0 Å². The Morgan fingerprint density at radius 1 is 1.15 bits per heavy atom. The zero-order chi connectivity index (χ0) is 14.5. The van der Waals surface area contributed by atoms with Crippen molar-refractivity contribution in [1.82, 2.24) is 0 Å². The molecule has 2 nitrogen and oxygen atoms in total. The first-order valence-corrected chi connectivity index (χ1v) is 6.88. The number of carbonyl (C=O) groups is 1. The first-order chi connectivity index (χ1) is 9.60. The van der Waals surface area contributed by atoms with Crippen LogP contribution in [-0.2, 0) is 11.3 Å². The summed E-state index contributed by atoms with van der Waals surface area (Å²) in [5.41, 5.74) is 1.36. The number of rotatable bonds is 4. The lowest BCUT2D eigenvalue weighted by molar-refractivity contribution is -0.116. The Labute approximate surface area is 126 Å². The molecule has 0 N–H and O–H groups in total. The predicted octanol–water partition coefficient (Wildman–Crippen LogP) is 4.25. The van der Waals surface area contributed by atoms with Gasteiger partial charge in [0.2, 0.25) is 5.91 Å². The largest absolute Gasteiger partial charge is 0.307 e. The summed E-state index contributed by atoms with van der Waals surface area (Å²) in [4.78, 5) is 13.4. The fraction of sp³-hybridized carbons (Fsp3) is 0.133. The maximum atomic E-state index is 13.3. The highest BCUT2D eigenvalue weighted by molar-refractivity contribution is 6.30. The fourth-order valence-corrected chi connectivity index (χ4v) is 2.08. The van der Waals surface area contributed by atoms with Gasteiger partial charge in [0.25, 0.3) is 0 Å². The van der Waals surface area contributed by atoms with Crippen molar-refractivity contribution >= 4 is 34.8 Å². The first-order valence-electron chi connectivity index (χ1n) is 5.96. The molecule has 1 amide bonds. The average molecular weight is 312 g/mol. The van der Waals surface area contributed by atoms with Crippen molar-refractivity contribution in [2.75, 3.05) is 10.8 Å². The highest BCUT2D eigenvalue weighted by Crippen LogP contribution is 2.20. The molecule has 104 valence electrons. The molecule has 2 rings (SSSR count). The van der Waals surface area contributed by atoms with Crippen LogP contribution in [0.3, 0.4) is 0 Å². The molecule has 0 atom stereocenters. The topological polar surface area (TPSA) is 20.3 Å². The Bertz CT molecular complexity index is 601. The minimum absolute atomic E-state index is 0.163. The number of hydrogen-bond donors (Lipinski definition) is 0. The molecule has 0 saturated heterocycles. The van der Waals surface area contributed by atoms with Crippen molar-refractivity contribution in [2.45, 2.75) is 6.54 Å². The van der Waals surface area contributed by atoms with E-state index in [0.717, 1.165) is 5.56 Å². The molecule has 0 saturated carbocycles. The van der Waals surface area contributed by atoms with Crippen molar-refractivity contribution in [2.24, 2.45) is 0 Å². The molecule has 0 fully saturated rings. The van der Waals surface area contributed by atoms with E-state index in [1.807, 2.05) is 12.1 Å². The van der Waals surface area contributed by atoms with Crippen molar-refractivity contribution < 1.29 is 9.18 Å². The Balaban J connectivity index is 2.28. The Kier molecular flexibility index (Phi) is 4.99. The van der Waals surface area contributed by atoms with Crippen LogP contribution in [0, 0.1) is 5.82 Å². The maximum Gasteiger partial charge on any atom is 0.242 e. The second kappa shape index (κ2) is 6.73. The van der Waals surface area contributed by atoms with Gasteiger partial charge in [0.1, 0.15) is 11.7 Å². The molecular formula is C15H12Cl2FNO. The Morgan fingerprint density at radius 3 is 2.45 bits per heavy atom. The zero-order valence-corrected chi connectivity index (χ0v) is 12.0. The average Bonchev–Trinajstić information content (AvgIpc) is 2.46. The molecule has 0 radical (unpaired) electrons. The highest BCUT2D eigenvalue weighted by atomic mass is 35.5. The number of nitrogens with zero attached hydrogens (tertiary/aromatic N) is 1. The third kappa shape index (κ3) is 3.71. The van der Waals surface area contributed by atoms with Crippen LogP contribution in [0.5, 0.6) is 0 Å². The molecule has 0 aliphatic rings. The van der Waals surface area contributed by atoms with Gasteiger partial charge < -0.3 is 4.90 Å². The minimum Gasteiger partial charge on any atom is -0.307 e. The van der Waals surface area contributed by atoms with Crippen LogP contribution in [0.15, 0.2) is 48.5 Å². The van der Waals surface area contributed by atoms with Crippen molar-refractivity contribution in [3.63, 3.8) is 0 Å². The minimum atomic E-state index is -0.397. The number of anilines is 1. The van der Waals surface area contributed by atoms with E-state index in [0.29, 0.717) is 17.3 Å². The first kappa shape index (κ1) is 14.8. The number of carbonyl (C=O) groups excluding carboxylic acids is 1. The van der Waals surface area contributed by atoms with Crippen LogP contribution in [-0.4, -0.2) is 11.8 Å². The van der Waals surface area contributed by atoms with E-state index in [1.165, 1.54) is 17.0 Å². The molecule has 0 heterocycles. The zero-order valence-electron chi connectivity index (χ0n) is 10.5. The summed E-state index contributed by atoms with van der Waals surface area (Å²) >= 11 is 11.4. The molecule has 0 unspecified atom stereocenters. The summed E-state index contributed by atoms with van der Waals surface area (Å²) in [6.07, 6.45) is 0. The van der Waals surface area contributed by atoms with Crippen molar-refractivity contribution in [1.29, 1.82) is 0 Å². The maximum absolute atomic E-state index is 13.3. The molecule has 0 aromatic heterocycles. The Morgan fingerprint density at radius 2 is 1.85 bits per heavy atom. The molecule has 0 spiro atoms. The van der Waals surface area contributed by atoms with Gasteiger partial charge in [-0.3, -0.25) is 4.79 Å². The van der Waals surface area contributed by atoms with Crippen LogP contribution in [0.25, 0.3) is 0 Å². The quantitative estimate of drug-likeness (QED) is 0.773. The molecule has 0 bridgehead atoms. The van der Waals surface area contributed by atoms with Crippen LogP contribution in [0.2, 0.25) is 5.02 Å². The molecule has 2 aromatic rings. The molecule has 5 heteroatoms. The van der Waals surface area contributed by atoms with E-state index in [2.05, 4.69) is 0 Å². The summed E-state index contributed by atoms with van der Waals surface area (Å²) in [6, 6.07) is 13.0. The number of halogens is 3. The van der Waals surface area contributed by atoms with Crippen LogP contribution >= 0.6 is 23.2 Å². The molecule has 20 heavy (non-hydrogen) atoms. The molecular weight excluding hydrogens is 300 g/mol. The van der Waals surface area contributed by atoms with Gasteiger partial charge in [-0.15, -0.1) is 11.6 Å². The third-order valence-electron chi connectivity index (χ3n) is 2.79. The second-order valence-corrected chi connectivity index (χ2v) is 4.92. The van der Waals surface area contributed by atoms with E-state index in [4.69, 9.17) is 23.2 Å². The van der Waals surface area contributed by atoms with Gasteiger partial charge in [-0.1, -0.05) is 29.8 Å². The Hall–Kier alpha value is -1.58. The number of benzene rings is 2.